The predicted molar refractivity (Wildman–Crippen MR) is 146 cm³/mol. The lowest BCUT2D eigenvalue weighted by Crippen LogP contribution is -2.49. The number of benzene rings is 2. The molecule has 0 aliphatic heterocycles. The lowest BCUT2D eigenvalue weighted by molar-refractivity contribution is -0.141. The Labute approximate surface area is 225 Å². The van der Waals surface area contributed by atoms with Crippen molar-refractivity contribution < 1.29 is 27.1 Å². The molecule has 0 saturated heterocycles. The first kappa shape index (κ1) is 29.4. The summed E-state index contributed by atoms with van der Waals surface area (Å²) in [7, 11) is -3.64. The fraction of sp³-hybridized carbons (Fsp3) is 0.500. The van der Waals surface area contributed by atoms with Crippen molar-refractivity contribution in [2.75, 3.05) is 23.7 Å². The molecule has 1 saturated carbocycles. The van der Waals surface area contributed by atoms with Crippen LogP contribution in [0.4, 0.5) is 10.1 Å². The molecule has 8 nitrogen and oxygen atoms in total. The first-order chi connectivity index (χ1) is 18.1. The first-order valence-electron chi connectivity index (χ1n) is 13.1. The second-order valence-corrected chi connectivity index (χ2v) is 11.6. The van der Waals surface area contributed by atoms with E-state index in [0.717, 1.165) is 31.9 Å². The van der Waals surface area contributed by atoms with Crippen LogP contribution in [0.2, 0.25) is 0 Å². The van der Waals surface area contributed by atoms with Gasteiger partial charge in [-0.05, 0) is 62.9 Å². The van der Waals surface area contributed by atoms with E-state index in [1.807, 2.05) is 6.92 Å². The van der Waals surface area contributed by atoms with Crippen molar-refractivity contribution in [3.05, 3.63) is 59.9 Å². The summed E-state index contributed by atoms with van der Waals surface area (Å²) in [5, 5.41) is 3.05. The van der Waals surface area contributed by atoms with E-state index < -0.39 is 16.1 Å². The van der Waals surface area contributed by atoms with Gasteiger partial charge >= 0.3 is 0 Å². The van der Waals surface area contributed by atoms with Gasteiger partial charge in [0, 0.05) is 25.6 Å². The highest BCUT2D eigenvalue weighted by Crippen LogP contribution is 2.30. The van der Waals surface area contributed by atoms with Gasteiger partial charge in [-0.2, -0.15) is 0 Å². The summed E-state index contributed by atoms with van der Waals surface area (Å²) in [6.45, 7) is 4.10. The SMILES string of the molecule is CCOc1ccccc1N(CCCC(=O)N(Cc1ccc(F)cc1)C(C)C(=O)NC1CCCC1)S(C)(=O)=O. The van der Waals surface area contributed by atoms with Crippen molar-refractivity contribution in [1.29, 1.82) is 0 Å². The lowest BCUT2D eigenvalue weighted by atomic mass is 10.1. The van der Waals surface area contributed by atoms with Crippen molar-refractivity contribution in [3.63, 3.8) is 0 Å². The summed E-state index contributed by atoms with van der Waals surface area (Å²) in [4.78, 5) is 27.9. The van der Waals surface area contributed by atoms with Crippen molar-refractivity contribution >= 4 is 27.5 Å². The quantitative estimate of drug-likeness (QED) is 0.405. The van der Waals surface area contributed by atoms with Crippen LogP contribution >= 0.6 is 0 Å². The van der Waals surface area contributed by atoms with Crippen molar-refractivity contribution in [1.82, 2.24) is 10.2 Å². The van der Waals surface area contributed by atoms with Gasteiger partial charge < -0.3 is 15.0 Å². The Kier molecular flexibility index (Phi) is 10.5. The molecular formula is C28H38FN3O5S. The van der Waals surface area contributed by atoms with Gasteiger partial charge in [0.15, 0.2) is 0 Å². The van der Waals surface area contributed by atoms with Crippen LogP contribution in [0.5, 0.6) is 5.75 Å². The molecule has 1 atom stereocenters. The number of carbonyl (C=O) groups is 2. The summed E-state index contributed by atoms with van der Waals surface area (Å²) >= 11 is 0. The number of anilines is 1. The summed E-state index contributed by atoms with van der Waals surface area (Å²) in [6, 6.07) is 12.1. The minimum Gasteiger partial charge on any atom is -0.492 e. The Morgan fingerprint density at radius 3 is 2.39 bits per heavy atom. The van der Waals surface area contributed by atoms with Gasteiger partial charge in [0.2, 0.25) is 21.8 Å². The Bertz CT molecular complexity index is 1180. The molecule has 0 spiro atoms. The lowest BCUT2D eigenvalue weighted by Gasteiger charge is -2.30. The zero-order chi connectivity index (χ0) is 27.7. The van der Waals surface area contributed by atoms with E-state index in [1.165, 1.54) is 21.3 Å². The molecule has 1 N–H and O–H groups in total. The van der Waals surface area contributed by atoms with Crippen LogP contribution < -0.4 is 14.4 Å². The smallest absolute Gasteiger partial charge is 0.242 e. The summed E-state index contributed by atoms with van der Waals surface area (Å²) in [5.41, 5.74) is 1.11. The molecule has 1 fully saturated rings. The topological polar surface area (TPSA) is 96.0 Å². The highest BCUT2D eigenvalue weighted by Gasteiger charge is 2.29. The van der Waals surface area contributed by atoms with Crippen LogP contribution in [-0.4, -0.2) is 56.6 Å². The Balaban J connectivity index is 1.73. The zero-order valence-corrected chi connectivity index (χ0v) is 23.2. The van der Waals surface area contributed by atoms with Crippen molar-refractivity contribution in [2.45, 2.75) is 71.0 Å². The van der Waals surface area contributed by atoms with Gasteiger partial charge in [-0.1, -0.05) is 37.1 Å². The average Bonchev–Trinajstić information content (AvgIpc) is 3.39. The second kappa shape index (κ2) is 13.6. The maximum Gasteiger partial charge on any atom is 0.242 e. The minimum absolute atomic E-state index is 0.0328. The number of hydrogen-bond acceptors (Lipinski definition) is 5. The zero-order valence-electron chi connectivity index (χ0n) is 22.4. The molecule has 208 valence electrons. The number of amides is 2. The monoisotopic (exact) mass is 547 g/mol. The standard InChI is InChI=1S/C28H38FN3O5S/c1-4-37-26-13-8-7-12-25(26)32(38(3,35)36)19-9-14-27(33)31(20-22-15-17-23(29)18-16-22)21(2)28(34)30-24-10-5-6-11-24/h7-8,12-13,15-18,21,24H,4-6,9-11,14,19-20H2,1-3H3,(H,30,34). The number of hydrogen-bond donors (Lipinski definition) is 1. The van der Waals surface area contributed by atoms with E-state index in [4.69, 9.17) is 4.74 Å². The molecule has 0 radical (unpaired) electrons. The number of nitrogens with zero attached hydrogens (tertiary/aromatic N) is 2. The molecule has 2 aromatic rings. The third-order valence-corrected chi connectivity index (χ3v) is 7.90. The molecule has 0 aromatic heterocycles. The van der Waals surface area contributed by atoms with Crippen LogP contribution in [0, 0.1) is 5.82 Å². The maximum atomic E-state index is 13.4. The molecule has 0 bridgehead atoms. The average molecular weight is 548 g/mol. The third-order valence-electron chi connectivity index (χ3n) is 6.72. The maximum absolute atomic E-state index is 13.4. The second-order valence-electron chi connectivity index (χ2n) is 9.65. The van der Waals surface area contributed by atoms with Crippen molar-refractivity contribution in [3.8, 4) is 5.75 Å². The molecule has 2 amide bonds. The summed E-state index contributed by atoms with van der Waals surface area (Å²) < 4.78 is 45.5. The van der Waals surface area contributed by atoms with E-state index in [1.54, 1.807) is 43.3 Å². The van der Waals surface area contributed by atoms with E-state index in [0.29, 0.717) is 23.6 Å². The number of para-hydroxylation sites is 2. The van der Waals surface area contributed by atoms with Crippen molar-refractivity contribution in [2.24, 2.45) is 0 Å². The summed E-state index contributed by atoms with van der Waals surface area (Å²) in [6.07, 6.45) is 5.38. The molecular weight excluding hydrogens is 509 g/mol. The van der Waals surface area contributed by atoms with E-state index >= 15 is 0 Å². The molecule has 2 aromatic carbocycles. The predicted octanol–water partition coefficient (Wildman–Crippen LogP) is 4.25. The Morgan fingerprint density at radius 2 is 1.76 bits per heavy atom. The molecule has 10 heteroatoms. The first-order valence-corrected chi connectivity index (χ1v) is 15.0. The highest BCUT2D eigenvalue weighted by molar-refractivity contribution is 7.92. The highest BCUT2D eigenvalue weighted by atomic mass is 32.2. The molecule has 1 aliphatic rings. The molecule has 3 rings (SSSR count). The van der Waals surface area contributed by atoms with E-state index in [2.05, 4.69) is 5.32 Å². The van der Waals surface area contributed by atoms with Crippen LogP contribution in [0.25, 0.3) is 0 Å². The number of ether oxygens (including phenoxy) is 1. The van der Waals surface area contributed by atoms with Gasteiger partial charge in [-0.15, -0.1) is 0 Å². The molecule has 38 heavy (non-hydrogen) atoms. The van der Waals surface area contributed by atoms with Crippen LogP contribution in [0.3, 0.4) is 0 Å². The third kappa shape index (κ3) is 8.18. The molecule has 0 heterocycles. The van der Waals surface area contributed by atoms with Crippen LogP contribution in [0.1, 0.15) is 57.9 Å². The number of rotatable bonds is 13. The number of nitrogens with one attached hydrogen (secondary N) is 1. The van der Waals surface area contributed by atoms with E-state index in [9.17, 15) is 22.4 Å². The summed E-state index contributed by atoms with van der Waals surface area (Å²) in [5.74, 6) is -0.445. The molecule has 1 aliphatic carbocycles. The Hall–Kier alpha value is -3.14. The number of sulfonamides is 1. The minimum atomic E-state index is -3.64. The van der Waals surface area contributed by atoms with Gasteiger partial charge in [-0.3, -0.25) is 13.9 Å². The van der Waals surface area contributed by atoms with Crippen LogP contribution in [0.15, 0.2) is 48.5 Å². The van der Waals surface area contributed by atoms with Gasteiger partial charge in [-0.25, -0.2) is 12.8 Å². The fourth-order valence-electron chi connectivity index (χ4n) is 4.68. The van der Waals surface area contributed by atoms with E-state index in [-0.39, 0.29) is 49.6 Å². The van der Waals surface area contributed by atoms with Gasteiger partial charge in [0.1, 0.15) is 17.6 Å². The number of halogens is 1. The Morgan fingerprint density at radius 1 is 1.11 bits per heavy atom. The van der Waals surface area contributed by atoms with Gasteiger partial charge in [0.25, 0.3) is 0 Å². The fourth-order valence-corrected chi connectivity index (χ4v) is 5.65. The number of carbonyl (C=O) groups excluding carboxylic acids is 2. The van der Waals surface area contributed by atoms with Crippen LogP contribution in [-0.2, 0) is 26.2 Å². The largest absolute Gasteiger partial charge is 0.492 e. The normalized spacial score (nSPS) is 14.6. The molecule has 1 unspecified atom stereocenters. The van der Waals surface area contributed by atoms with Gasteiger partial charge in [0.05, 0.1) is 18.6 Å².